The first-order chi connectivity index (χ1) is 31.8. The molecule has 0 amide bonds. The number of hydrogen-bond donors (Lipinski definition) is 2. The van der Waals surface area contributed by atoms with Gasteiger partial charge in [-0.05, 0) is 68.2 Å². The number of nitrogens with zero attached hydrogens (tertiary/aromatic N) is 6. The third kappa shape index (κ3) is 6.84. The molecule has 0 saturated heterocycles. The second kappa shape index (κ2) is 14.8. The summed E-state index contributed by atoms with van der Waals surface area (Å²) in [5.74, 6) is 0.138. The molecule has 10 rings (SSSR count). The van der Waals surface area contributed by atoms with Crippen molar-refractivity contribution in [1.82, 2.24) is 12.9 Å². The number of amidine groups is 2. The summed E-state index contributed by atoms with van der Waals surface area (Å²) in [7, 11) is -2.83. The normalized spacial score (nSPS) is 17.8. The predicted molar refractivity (Wildman–Crippen MR) is 273 cm³/mol. The van der Waals surface area contributed by atoms with Crippen molar-refractivity contribution in [3.8, 4) is 0 Å². The zero-order valence-electron chi connectivity index (χ0n) is 41.1. The molecular weight excluding hydrogens is 873 g/mol. The van der Waals surface area contributed by atoms with Crippen LogP contribution >= 0.6 is 10.7 Å². The lowest BCUT2D eigenvalue weighted by Gasteiger charge is -2.39. The summed E-state index contributed by atoms with van der Waals surface area (Å²) >= 11 is 0. The summed E-state index contributed by atoms with van der Waals surface area (Å²) in [4.78, 5) is 69.6. The summed E-state index contributed by atoms with van der Waals surface area (Å²) < 4.78 is 15.3. The molecule has 3 aromatic heterocycles. The molecule has 7 aromatic rings. The molecule has 6 heterocycles. The minimum Gasteiger partial charge on any atom is -0.469 e. The molecule has 0 saturated carbocycles. The Labute approximate surface area is 397 Å². The van der Waals surface area contributed by atoms with E-state index in [1.165, 1.54) is 7.11 Å². The van der Waals surface area contributed by atoms with E-state index in [2.05, 4.69) is 118 Å². The van der Waals surface area contributed by atoms with E-state index in [-0.39, 0.29) is 45.4 Å². The highest BCUT2D eigenvalue weighted by atomic mass is 32.3. The minimum absolute atomic E-state index is 0.137. The molecule has 68 heavy (non-hydrogen) atoms. The van der Waals surface area contributed by atoms with Crippen LogP contribution in [0.3, 0.4) is 0 Å². The molecular formula is C54H58N8O5S. The zero-order valence-corrected chi connectivity index (χ0v) is 41.9. The number of hydrogen-bond acceptors (Lipinski definition) is 10. The number of rotatable bonds is 4. The third-order valence-corrected chi connectivity index (χ3v) is 16.2. The number of fused-ring (bicyclic) bond motifs is 16. The van der Waals surface area contributed by atoms with Gasteiger partial charge in [-0.25, -0.2) is 27.9 Å². The Balaban J connectivity index is 1.48. The number of carbonyl (C=O) groups excluding carboxylic acids is 3. The van der Waals surface area contributed by atoms with Crippen molar-refractivity contribution >= 4 is 89.2 Å². The van der Waals surface area contributed by atoms with E-state index in [0.29, 0.717) is 55.4 Å². The monoisotopic (exact) mass is 930 g/mol. The number of esters is 1. The molecule has 3 aliphatic rings. The number of carbonyl (C=O) groups is 3. The molecule has 13 nitrogen and oxygen atoms in total. The topological polar surface area (TPSA) is 171 Å². The van der Waals surface area contributed by atoms with Crippen LogP contribution in [0.2, 0.25) is 0 Å². The van der Waals surface area contributed by atoms with Crippen molar-refractivity contribution in [3.05, 3.63) is 123 Å². The quantitative estimate of drug-likeness (QED) is 0.166. The average molecular weight is 931 g/mol. The molecule has 3 N–H and O–H groups in total. The zero-order chi connectivity index (χ0) is 48.8. The van der Waals surface area contributed by atoms with Crippen molar-refractivity contribution in [2.45, 2.75) is 118 Å². The van der Waals surface area contributed by atoms with Gasteiger partial charge in [0, 0.05) is 43.4 Å². The van der Waals surface area contributed by atoms with Crippen LogP contribution in [0.4, 0.5) is 17.5 Å². The number of anilines is 1. The number of benzene rings is 4. The van der Waals surface area contributed by atoms with Crippen LogP contribution in [0.15, 0.2) is 92.8 Å². The number of methoxy groups -OCH3 is 1. The summed E-state index contributed by atoms with van der Waals surface area (Å²) in [6, 6.07) is 24.4. The molecule has 0 aliphatic carbocycles. The highest BCUT2D eigenvalue weighted by Crippen LogP contribution is 2.61. The van der Waals surface area contributed by atoms with Crippen LogP contribution in [0, 0.1) is 0 Å². The standard InChI is InChI=1S/C54H58N8O5S/c1-51(2,3)28-16-20-34-36(24-28)43(55)61-47(34)60-46-38-26-30(53(7,8)9)15-19-33(38)44(57-46)58-49-39-27-31(54(10,11)12)17-21-35(39)48-59-45-37-25-29(52(4,5)6)14-18-32(37)42(56-45)50(65)68(61,62(48)49)67-41(64)23-22-40(63)66-13/h14-21,24-27,56H,22-23,55H2,1-13H3. The largest absolute Gasteiger partial charge is 0.469 e. The summed E-state index contributed by atoms with van der Waals surface area (Å²) in [5.41, 5.74) is 12.9. The molecule has 0 radical (unpaired) electrons. The van der Waals surface area contributed by atoms with Gasteiger partial charge in [-0.15, -0.1) is 0 Å². The van der Waals surface area contributed by atoms with Gasteiger partial charge < -0.3 is 19.6 Å². The number of ether oxygens (including phenoxy) is 1. The maximum atomic E-state index is 16.9. The smallest absolute Gasteiger partial charge is 0.320 e. The Morgan fingerprint density at radius 2 is 1.09 bits per heavy atom. The fraction of sp³-hybridized carbons (Fsp3) is 0.352. The van der Waals surface area contributed by atoms with Crippen LogP contribution in [0.1, 0.15) is 140 Å². The average Bonchev–Trinajstić information content (AvgIpc) is 3.98. The van der Waals surface area contributed by atoms with Gasteiger partial charge in [0.1, 0.15) is 17.3 Å². The molecule has 4 aromatic carbocycles. The van der Waals surface area contributed by atoms with Crippen molar-refractivity contribution in [2.75, 3.05) is 12.8 Å². The maximum absolute atomic E-state index is 16.9. The summed E-state index contributed by atoms with van der Waals surface area (Å²) in [6.07, 6.45) is -0.697. The predicted octanol–water partition coefficient (Wildman–Crippen LogP) is 10.9. The number of aromatic nitrogens is 3. The van der Waals surface area contributed by atoms with Crippen molar-refractivity contribution in [2.24, 2.45) is 20.0 Å². The SMILES string of the molecule is COC(=O)CCC(=O)OS12C(=O)c3[nH]c(c4cc(C(C)(C)C)ccc34)N=c3c4ccc(C(C)(C)C)cc4c(n31)=NC1=NC(=Nc3c4ccc(C(C)(C)C)cc4c(N)n32)c2cc(C(C)(C)C)ccc21. The minimum atomic E-state index is -4.09. The van der Waals surface area contributed by atoms with Crippen molar-refractivity contribution in [1.29, 1.82) is 0 Å². The lowest BCUT2D eigenvalue weighted by atomic mass is 9.85. The van der Waals surface area contributed by atoms with E-state index in [4.69, 9.17) is 34.6 Å². The maximum Gasteiger partial charge on any atom is 0.320 e. The van der Waals surface area contributed by atoms with E-state index >= 15 is 4.79 Å². The Hall–Kier alpha value is -6.80. The van der Waals surface area contributed by atoms with Gasteiger partial charge in [0.15, 0.2) is 39.1 Å². The molecule has 4 bridgehead atoms. The van der Waals surface area contributed by atoms with Crippen molar-refractivity contribution < 1.29 is 23.3 Å². The van der Waals surface area contributed by atoms with Gasteiger partial charge in [-0.1, -0.05) is 132 Å². The first-order valence-corrected chi connectivity index (χ1v) is 24.5. The molecule has 3 aliphatic heterocycles. The lowest BCUT2D eigenvalue weighted by molar-refractivity contribution is -0.144. The summed E-state index contributed by atoms with van der Waals surface area (Å²) in [6.45, 7) is 25.6. The van der Waals surface area contributed by atoms with Crippen LogP contribution in [0.25, 0.3) is 32.3 Å². The fourth-order valence-electron chi connectivity index (χ4n) is 9.25. The van der Waals surface area contributed by atoms with E-state index in [0.717, 1.165) is 38.8 Å². The van der Waals surface area contributed by atoms with Gasteiger partial charge >= 0.3 is 11.9 Å². The van der Waals surface area contributed by atoms with Crippen LogP contribution in [0.5, 0.6) is 0 Å². The van der Waals surface area contributed by atoms with Gasteiger partial charge in [-0.3, -0.25) is 14.4 Å². The van der Waals surface area contributed by atoms with Gasteiger partial charge in [0.2, 0.25) is 0 Å². The van der Waals surface area contributed by atoms with Crippen LogP contribution < -0.4 is 16.7 Å². The highest BCUT2D eigenvalue weighted by Gasteiger charge is 2.50. The van der Waals surface area contributed by atoms with E-state index < -0.39 is 34.2 Å². The number of nitrogens with one attached hydrogen (secondary N) is 1. The Kier molecular flexibility index (Phi) is 9.83. The second-order valence-electron chi connectivity index (χ2n) is 22.2. The molecule has 14 heteroatoms. The molecule has 350 valence electrons. The first kappa shape index (κ1) is 45.0. The first-order valence-electron chi connectivity index (χ1n) is 23.0. The van der Waals surface area contributed by atoms with E-state index in [1.807, 2.05) is 42.5 Å². The number of aromatic amines is 1. The molecule has 0 spiro atoms. The highest BCUT2D eigenvalue weighted by molar-refractivity contribution is 8.40. The van der Waals surface area contributed by atoms with E-state index in [1.54, 1.807) is 7.94 Å². The Bertz CT molecular complexity index is 3600. The second-order valence-corrected chi connectivity index (χ2v) is 24.5. The van der Waals surface area contributed by atoms with E-state index in [9.17, 15) is 9.59 Å². The third-order valence-electron chi connectivity index (χ3n) is 13.4. The molecule has 1 atom stereocenters. The molecule has 0 fully saturated rings. The van der Waals surface area contributed by atoms with Gasteiger partial charge in [0.25, 0.3) is 5.12 Å². The summed E-state index contributed by atoms with van der Waals surface area (Å²) in [5, 5.41) is 3.25. The van der Waals surface area contributed by atoms with Gasteiger partial charge in [0.05, 0.1) is 20.0 Å². The number of aliphatic imine (C=N–C) groups is 2. The van der Waals surface area contributed by atoms with Crippen molar-refractivity contribution in [3.63, 3.8) is 0 Å². The lowest BCUT2D eigenvalue weighted by Crippen LogP contribution is -2.42. The molecule has 1 unspecified atom stereocenters. The fourth-order valence-corrected chi connectivity index (χ4v) is 12.2. The Morgan fingerprint density at radius 1 is 0.574 bits per heavy atom. The number of nitrogen functional groups attached to an aromatic ring is 1. The van der Waals surface area contributed by atoms with Crippen LogP contribution in [-0.2, 0) is 40.2 Å². The number of nitrogens with two attached hydrogens (primary N) is 1. The van der Waals surface area contributed by atoms with Crippen LogP contribution in [-0.4, -0.2) is 48.8 Å². The number of H-pyrrole nitrogens is 1. The van der Waals surface area contributed by atoms with Gasteiger partial charge in [-0.2, -0.15) is 0 Å². The Morgan fingerprint density at radius 3 is 1.71 bits per heavy atom.